The van der Waals surface area contributed by atoms with Gasteiger partial charge in [0.2, 0.25) is 11.7 Å². The lowest BCUT2D eigenvalue weighted by Gasteiger charge is -2.39. The van der Waals surface area contributed by atoms with E-state index in [9.17, 15) is 0 Å². The van der Waals surface area contributed by atoms with Gasteiger partial charge in [0.15, 0.2) is 0 Å². The highest BCUT2D eigenvalue weighted by atomic mass is 79.9. The average molecular weight is 368 g/mol. The van der Waals surface area contributed by atoms with Crippen LogP contribution in [0.5, 0.6) is 0 Å². The van der Waals surface area contributed by atoms with Gasteiger partial charge in [-0.3, -0.25) is 0 Å². The smallest absolute Gasteiger partial charge is 0.244 e. The molecular weight excluding hydrogens is 350 g/mol. The molecule has 0 spiro atoms. The SMILES string of the molecule is Brc1csc(-c2noc(C3CCC4CCCCC4N3)n2)c1. The van der Waals surface area contributed by atoms with E-state index in [0.717, 1.165) is 27.6 Å². The van der Waals surface area contributed by atoms with Crippen molar-refractivity contribution in [3.63, 3.8) is 0 Å². The highest BCUT2D eigenvalue weighted by molar-refractivity contribution is 9.10. The van der Waals surface area contributed by atoms with E-state index < -0.39 is 0 Å². The monoisotopic (exact) mass is 367 g/mol. The molecule has 112 valence electrons. The maximum Gasteiger partial charge on any atom is 0.244 e. The summed E-state index contributed by atoms with van der Waals surface area (Å²) in [6.45, 7) is 0. The summed E-state index contributed by atoms with van der Waals surface area (Å²) < 4.78 is 6.58. The lowest BCUT2D eigenvalue weighted by molar-refractivity contribution is 0.158. The van der Waals surface area contributed by atoms with E-state index in [2.05, 4.69) is 31.4 Å². The first-order valence-corrected chi connectivity index (χ1v) is 9.31. The van der Waals surface area contributed by atoms with Crippen molar-refractivity contribution in [2.75, 3.05) is 0 Å². The summed E-state index contributed by atoms with van der Waals surface area (Å²) in [6.07, 6.45) is 7.80. The second-order valence-corrected chi connectivity index (χ2v) is 7.86. The summed E-state index contributed by atoms with van der Waals surface area (Å²) in [7, 11) is 0. The van der Waals surface area contributed by atoms with Gasteiger partial charge in [0.25, 0.3) is 0 Å². The average Bonchev–Trinajstić information content (AvgIpc) is 3.15. The van der Waals surface area contributed by atoms with Crippen LogP contribution < -0.4 is 5.32 Å². The van der Waals surface area contributed by atoms with E-state index in [0.29, 0.717) is 11.9 Å². The summed E-state index contributed by atoms with van der Waals surface area (Å²) in [5.74, 6) is 2.30. The maximum absolute atomic E-state index is 5.52. The molecule has 21 heavy (non-hydrogen) atoms. The van der Waals surface area contributed by atoms with Crippen molar-refractivity contribution >= 4 is 27.3 Å². The molecule has 1 N–H and O–H groups in total. The quantitative estimate of drug-likeness (QED) is 0.845. The number of halogens is 1. The Kier molecular flexibility index (Phi) is 3.85. The van der Waals surface area contributed by atoms with Gasteiger partial charge >= 0.3 is 0 Å². The number of hydrogen-bond acceptors (Lipinski definition) is 5. The van der Waals surface area contributed by atoms with Crippen LogP contribution in [-0.2, 0) is 0 Å². The van der Waals surface area contributed by atoms with Crippen molar-refractivity contribution in [1.29, 1.82) is 0 Å². The molecule has 3 unspecified atom stereocenters. The Morgan fingerprint density at radius 3 is 3.00 bits per heavy atom. The number of hydrogen-bond donors (Lipinski definition) is 1. The molecule has 4 rings (SSSR count). The predicted octanol–water partition coefficient (Wildman–Crippen LogP) is 4.54. The van der Waals surface area contributed by atoms with E-state index in [1.807, 2.05) is 11.4 Å². The molecule has 0 bridgehead atoms. The third-order valence-electron chi connectivity index (χ3n) is 4.68. The van der Waals surface area contributed by atoms with Crippen LogP contribution in [0, 0.1) is 5.92 Å². The van der Waals surface area contributed by atoms with Gasteiger partial charge in [-0.15, -0.1) is 11.3 Å². The second-order valence-electron chi connectivity index (χ2n) is 6.03. The number of piperidine rings is 1. The topological polar surface area (TPSA) is 51.0 Å². The zero-order valence-corrected chi connectivity index (χ0v) is 14.1. The Labute approximate surface area is 136 Å². The van der Waals surface area contributed by atoms with Gasteiger partial charge in [-0.1, -0.05) is 18.0 Å². The van der Waals surface area contributed by atoms with E-state index in [-0.39, 0.29) is 6.04 Å². The van der Waals surface area contributed by atoms with Gasteiger partial charge in [-0.25, -0.2) is 0 Å². The van der Waals surface area contributed by atoms with Gasteiger partial charge in [-0.05, 0) is 53.6 Å². The Bertz CT molecular complexity index is 626. The van der Waals surface area contributed by atoms with E-state index in [1.165, 1.54) is 32.1 Å². The zero-order chi connectivity index (χ0) is 14.2. The van der Waals surface area contributed by atoms with Gasteiger partial charge in [0, 0.05) is 15.9 Å². The lowest BCUT2D eigenvalue weighted by Crippen LogP contribution is -2.44. The van der Waals surface area contributed by atoms with Crippen molar-refractivity contribution in [2.24, 2.45) is 5.92 Å². The third kappa shape index (κ3) is 2.81. The molecule has 1 saturated carbocycles. The van der Waals surface area contributed by atoms with Crippen LogP contribution in [0.4, 0.5) is 0 Å². The first-order valence-electron chi connectivity index (χ1n) is 7.63. The number of nitrogens with zero attached hydrogens (tertiary/aromatic N) is 2. The molecule has 2 fully saturated rings. The minimum atomic E-state index is 0.231. The van der Waals surface area contributed by atoms with Crippen LogP contribution in [0.2, 0.25) is 0 Å². The Morgan fingerprint density at radius 2 is 2.14 bits per heavy atom. The van der Waals surface area contributed by atoms with Crippen molar-refractivity contribution in [3.05, 3.63) is 21.8 Å². The lowest BCUT2D eigenvalue weighted by atomic mass is 9.78. The molecule has 0 radical (unpaired) electrons. The van der Waals surface area contributed by atoms with Gasteiger partial charge in [-0.2, -0.15) is 4.98 Å². The summed E-state index contributed by atoms with van der Waals surface area (Å²) in [5, 5.41) is 9.92. The van der Waals surface area contributed by atoms with Crippen LogP contribution in [0.15, 0.2) is 20.4 Å². The maximum atomic E-state index is 5.52. The molecule has 1 aliphatic heterocycles. The Morgan fingerprint density at radius 1 is 1.24 bits per heavy atom. The molecular formula is C15H18BrN3OS. The molecule has 1 saturated heterocycles. The third-order valence-corrected chi connectivity index (χ3v) is 6.37. The zero-order valence-electron chi connectivity index (χ0n) is 11.7. The molecule has 4 nitrogen and oxygen atoms in total. The number of nitrogens with one attached hydrogen (secondary N) is 1. The van der Waals surface area contributed by atoms with Crippen molar-refractivity contribution in [1.82, 2.24) is 15.5 Å². The molecule has 2 aliphatic rings. The van der Waals surface area contributed by atoms with Crippen LogP contribution in [0.3, 0.4) is 0 Å². The molecule has 6 heteroatoms. The first-order chi connectivity index (χ1) is 10.3. The molecule has 1 aliphatic carbocycles. The van der Waals surface area contributed by atoms with E-state index >= 15 is 0 Å². The number of aromatic nitrogens is 2. The normalized spacial score (nSPS) is 29.3. The highest BCUT2D eigenvalue weighted by Gasteiger charge is 2.34. The van der Waals surface area contributed by atoms with Gasteiger partial charge < -0.3 is 9.84 Å². The second kappa shape index (κ2) is 5.82. The minimum Gasteiger partial charge on any atom is -0.337 e. The van der Waals surface area contributed by atoms with Gasteiger partial charge in [0.05, 0.1) is 10.9 Å². The van der Waals surface area contributed by atoms with Crippen LogP contribution >= 0.6 is 27.3 Å². The molecule has 2 aromatic heterocycles. The van der Waals surface area contributed by atoms with E-state index in [1.54, 1.807) is 11.3 Å². The fraction of sp³-hybridized carbons (Fsp3) is 0.600. The standard InChI is InChI=1S/C15H18BrN3OS/c16-10-7-13(21-8-10)14-18-15(20-19-14)12-6-5-9-3-1-2-4-11(9)17-12/h7-9,11-12,17H,1-6H2. The summed E-state index contributed by atoms with van der Waals surface area (Å²) in [6, 6.07) is 2.91. The fourth-order valence-electron chi connectivity index (χ4n) is 3.60. The molecule has 3 heterocycles. The van der Waals surface area contributed by atoms with E-state index in [4.69, 9.17) is 4.52 Å². The fourth-order valence-corrected chi connectivity index (χ4v) is 4.95. The van der Waals surface area contributed by atoms with Gasteiger partial charge in [0.1, 0.15) is 0 Å². The van der Waals surface area contributed by atoms with Crippen LogP contribution in [0.1, 0.15) is 50.5 Å². The molecule has 2 aromatic rings. The number of fused-ring (bicyclic) bond motifs is 1. The van der Waals surface area contributed by atoms with Crippen molar-refractivity contribution in [2.45, 2.75) is 50.6 Å². The first kappa shape index (κ1) is 13.9. The summed E-state index contributed by atoms with van der Waals surface area (Å²) >= 11 is 5.09. The highest BCUT2D eigenvalue weighted by Crippen LogP contribution is 2.37. The largest absolute Gasteiger partial charge is 0.337 e. The summed E-state index contributed by atoms with van der Waals surface area (Å²) in [4.78, 5) is 5.65. The Balaban J connectivity index is 1.50. The van der Waals surface area contributed by atoms with Crippen molar-refractivity contribution in [3.8, 4) is 10.7 Å². The number of rotatable bonds is 2. The van der Waals surface area contributed by atoms with Crippen molar-refractivity contribution < 1.29 is 4.52 Å². The molecule has 0 amide bonds. The van der Waals surface area contributed by atoms with Crippen LogP contribution in [-0.4, -0.2) is 16.2 Å². The summed E-state index contributed by atoms with van der Waals surface area (Å²) in [5.41, 5.74) is 0. The number of thiophene rings is 1. The Hall–Kier alpha value is -0.720. The predicted molar refractivity (Wildman–Crippen MR) is 86.2 cm³/mol. The molecule has 3 atom stereocenters. The van der Waals surface area contributed by atoms with Crippen LogP contribution in [0.25, 0.3) is 10.7 Å². The molecule has 0 aromatic carbocycles. The minimum absolute atomic E-state index is 0.231.